The van der Waals surface area contributed by atoms with Crippen LogP contribution in [0.25, 0.3) is 0 Å². The van der Waals surface area contributed by atoms with Gasteiger partial charge in [-0.25, -0.2) is 4.98 Å². The van der Waals surface area contributed by atoms with Crippen molar-refractivity contribution in [2.24, 2.45) is 0 Å². The molecule has 1 nitrogen and oxygen atoms in total. The second kappa shape index (κ2) is 4.61. The Labute approximate surface area is 78.8 Å². The van der Waals surface area contributed by atoms with E-state index < -0.39 is 0 Å². The molecule has 0 aliphatic rings. The summed E-state index contributed by atoms with van der Waals surface area (Å²) in [5.74, 6) is 0.639. The molecule has 0 saturated carbocycles. The Bertz CT molecular complexity index is 229. The molecule has 0 N–H and O–H groups in total. The zero-order chi connectivity index (χ0) is 8.97. The van der Waals surface area contributed by atoms with Crippen LogP contribution in [-0.2, 0) is 6.42 Å². The number of aryl methyl sites for hydroxylation is 1. The summed E-state index contributed by atoms with van der Waals surface area (Å²) in [5.41, 5.74) is 1.28. The number of rotatable bonds is 4. The molecule has 1 heterocycles. The van der Waals surface area contributed by atoms with E-state index in [1.54, 1.807) is 0 Å². The first-order valence-electron chi connectivity index (χ1n) is 4.72. The third-order valence-corrected chi connectivity index (χ3v) is 3.23. The molecule has 0 spiro atoms. The van der Waals surface area contributed by atoms with E-state index in [-0.39, 0.29) is 0 Å². The SMILES string of the molecule is CCCc1csc(C(C)CC)n1. The van der Waals surface area contributed by atoms with Crippen molar-refractivity contribution < 1.29 is 0 Å². The van der Waals surface area contributed by atoms with Gasteiger partial charge in [0.05, 0.1) is 10.7 Å². The topological polar surface area (TPSA) is 12.9 Å². The fourth-order valence-electron chi connectivity index (χ4n) is 1.09. The molecular weight excluding hydrogens is 166 g/mol. The number of thiazole rings is 1. The van der Waals surface area contributed by atoms with Crippen LogP contribution in [0.1, 0.15) is 50.2 Å². The summed E-state index contributed by atoms with van der Waals surface area (Å²) < 4.78 is 0. The van der Waals surface area contributed by atoms with Crippen molar-refractivity contribution in [2.45, 2.75) is 46.0 Å². The van der Waals surface area contributed by atoms with E-state index >= 15 is 0 Å². The minimum absolute atomic E-state index is 0.639. The van der Waals surface area contributed by atoms with Crippen molar-refractivity contribution in [1.29, 1.82) is 0 Å². The van der Waals surface area contributed by atoms with E-state index in [1.807, 2.05) is 11.3 Å². The van der Waals surface area contributed by atoms with Gasteiger partial charge in [0, 0.05) is 11.3 Å². The second-order valence-corrected chi connectivity index (χ2v) is 4.13. The summed E-state index contributed by atoms with van der Waals surface area (Å²) >= 11 is 1.81. The lowest BCUT2D eigenvalue weighted by molar-refractivity contribution is 0.720. The molecule has 0 bridgehead atoms. The van der Waals surface area contributed by atoms with Gasteiger partial charge in [0.2, 0.25) is 0 Å². The number of hydrogen-bond donors (Lipinski definition) is 0. The lowest BCUT2D eigenvalue weighted by atomic mass is 10.1. The van der Waals surface area contributed by atoms with E-state index in [0.29, 0.717) is 5.92 Å². The molecule has 0 saturated heterocycles. The predicted molar refractivity (Wildman–Crippen MR) is 54.8 cm³/mol. The van der Waals surface area contributed by atoms with Crippen molar-refractivity contribution in [3.8, 4) is 0 Å². The molecule has 1 atom stereocenters. The molecule has 0 aromatic carbocycles. The lowest BCUT2D eigenvalue weighted by Crippen LogP contribution is -1.91. The molecule has 1 aromatic heterocycles. The summed E-state index contributed by atoms with van der Waals surface area (Å²) in [4.78, 5) is 4.59. The summed E-state index contributed by atoms with van der Waals surface area (Å²) in [6.07, 6.45) is 3.52. The highest BCUT2D eigenvalue weighted by Gasteiger charge is 2.07. The molecule has 2 heteroatoms. The summed E-state index contributed by atoms with van der Waals surface area (Å²) in [6.45, 7) is 6.66. The van der Waals surface area contributed by atoms with Crippen LogP contribution >= 0.6 is 11.3 Å². The second-order valence-electron chi connectivity index (χ2n) is 3.24. The smallest absolute Gasteiger partial charge is 0.0956 e. The standard InChI is InChI=1S/C10H17NS/c1-4-6-9-7-12-10(11-9)8(3)5-2/h7-8H,4-6H2,1-3H3. The number of aromatic nitrogens is 1. The van der Waals surface area contributed by atoms with Gasteiger partial charge in [-0.15, -0.1) is 11.3 Å². The van der Waals surface area contributed by atoms with E-state index in [1.165, 1.54) is 23.5 Å². The van der Waals surface area contributed by atoms with Crippen LogP contribution < -0.4 is 0 Å². The van der Waals surface area contributed by atoms with Gasteiger partial charge in [0.25, 0.3) is 0 Å². The molecular formula is C10H17NS. The van der Waals surface area contributed by atoms with Crippen LogP contribution in [0.15, 0.2) is 5.38 Å². The average Bonchev–Trinajstić information content (AvgIpc) is 2.52. The fourth-order valence-corrected chi connectivity index (χ4v) is 2.09. The van der Waals surface area contributed by atoms with Gasteiger partial charge >= 0.3 is 0 Å². The molecule has 1 aromatic rings. The van der Waals surface area contributed by atoms with Crippen molar-refractivity contribution in [3.63, 3.8) is 0 Å². The maximum atomic E-state index is 4.59. The van der Waals surface area contributed by atoms with Crippen molar-refractivity contribution >= 4 is 11.3 Å². The quantitative estimate of drug-likeness (QED) is 0.695. The molecule has 1 rings (SSSR count). The largest absolute Gasteiger partial charge is 0.246 e. The molecule has 0 aliphatic heterocycles. The van der Waals surface area contributed by atoms with Crippen LogP contribution in [0.3, 0.4) is 0 Å². The first-order valence-corrected chi connectivity index (χ1v) is 5.60. The first kappa shape index (κ1) is 9.72. The zero-order valence-electron chi connectivity index (χ0n) is 8.13. The highest BCUT2D eigenvalue weighted by molar-refractivity contribution is 7.09. The summed E-state index contributed by atoms with van der Waals surface area (Å²) in [7, 11) is 0. The van der Waals surface area contributed by atoms with E-state index in [4.69, 9.17) is 0 Å². The Kier molecular flexibility index (Phi) is 3.73. The predicted octanol–water partition coefficient (Wildman–Crippen LogP) is 3.61. The lowest BCUT2D eigenvalue weighted by Gasteiger charge is -2.01. The fraction of sp³-hybridized carbons (Fsp3) is 0.700. The molecule has 12 heavy (non-hydrogen) atoms. The van der Waals surface area contributed by atoms with Gasteiger partial charge in [-0.2, -0.15) is 0 Å². The molecule has 0 aliphatic carbocycles. The summed E-state index contributed by atoms with van der Waals surface area (Å²) in [5, 5.41) is 3.51. The van der Waals surface area contributed by atoms with Gasteiger partial charge in [-0.1, -0.05) is 27.2 Å². The van der Waals surface area contributed by atoms with Crippen molar-refractivity contribution in [3.05, 3.63) is 16.1 Å². The molecule has 1 unspecified atom stereocenters. The van der Waals surface area contributed by atoms with Crippen molar-refractivity contribution in [1.82, 2.24) is 4.98 Å². The Balaban J connectivity index is 2.63. The number of nitrogens with zero attached hydrogens (tertiary/aromatic N) is 1. The van der Waals surface area contributed by atoms with Crippen molar-refractivity contribution in [2.75, 3.05) is 0 Å². The van der Waals surface area contributed by atoms with E-state index in [2.05, 4.69) is 31.1 Å². The third kappa shape index (κ3) is 2.31. The Morgan fingerprint density at radius 3 is 2.83 bits per heavy atom. The van der Waals surface area contributed by atoms with Gasteiger partial charge in [0.1, 0.15) is 0 Å². The average molecular weight is 183 g/mol. The van der Waals surface area contributed by atoms with Gasteiger partial charge in [-0.3, -0.25) is 0 Å². The molecule has 0 radical (unpaired) electrons. The molecule has 68 valence electrons. The monoisotopic (exact) mass is 183 g/mol. The van der Waals surface area contributed by atoms with Crippen LogP contribution in [0.2, 0.25) is 0 Å². The van der Waals surface area contributed by atoms with Gasteiger partial charge < -0.3 is 0 Å². The van der Waals surface area contributed by atoms with Crippen LogP contribution in [0.4, 0.5) is 0 Å². The minimum atomic E-state index is 0.639. The first-order chi connectivity index (χ1) is 5.77. The highest BCUT2D eigenvalue weighted by atomic mass is 32.1. The van der Waals surface area contributed by atoms with Crippen LogP contribution in [-0.4, -0.2) is 4.98 Å². The molecule has 0 fully saturated rings. The van der Waals surface area contributed by atoms with Gasteiger partial charge in [-0.05, 0) is 12.8 Å². The maximum absolute atomic E-state index is 4.59. The Morgan fingerprint density at radius 2 is 2.25 bits per heavy atom. The normalized spacial score (nSPS) is 13.2. The Morgan fingerprint density at radius 1 is 1.50 bits per heavy atom. The summed E-state index contributed by atoms with van der Waals surface area (Å²) in [6, 6.07) is 0. The zero-order valence-corrected chi connectivity index (χ0v) is 8.95. The van der Waals surface area contributed by atoms with E-state index in [0.717, 1.165) is 6.42 Å². The third-order valence-electron chi connectivity index (χ3n) is 2.11. The highest BCUT2D eigenvalue weighted by Crippen LogP contribution is 2.22. The van der Waals surface area contributed by atoms with Crippen LogP contribution in [0, 0.1) is 0 Å². The number of hydrogen-bond acceptors (Lipinski definition) is 2. The maximum Gasteiger partial charge on any atom is 0.0956 e. The van der Waals surface area contributed by atoms with Crippen LogP contribution in [0.5, 0.6) is 0 Å². The molecule has 0 amide bonds. The Hall–Kier alpha value is -0.370. The van der Waals surface area contributed by atoms with Gasteiger partial charge in [0.15, 0.2) is 0 Å². The van der Waals surface area contributed by atoms with E-state index in [9.17, 15) is 0 Å². The minimum Gasteiger partial charge on any atom is -0.246 e.